The van der Waals surface area contributed by atoms with E-state index < -0.39 is 5.97 Å². The van der Waals surface area contributed by atoms with Crippen molar-refractivity contribution in [3.05, 3.63) is 39.9 Å². The molecular weight excluding hydrogens is 200 g/mol. The van der Waals surface area contributed by atoms with Gasteiger partial charge in [0.25, 0.3) is 0 Å². The highest BCUT2D eigenvalue weighted by Crippen LogP contribution is 2.22. The minimum atomic E-state index is -0.949. The molecule has 2 nitrogen and oxygen atoms in total. The molecule has 1 rings (SSSR count). The van der Waals surface area contributed by atoms with Gasteiger partial charge in [0.1, 0.15) is 0 Å². The van der Waals surface area contributed by atoms with Crippen molar-refractivity contribution in [3.63, 3.8) is 0 Å². The number of rotatable bonds is 2. The van der Waals surface area contributed by atoms with Gasteiger partial charge in [-0.2, -0.15) is 0 Å². The normalized spacial score (nSPS) is 10.8. The van der Waals surface area contributed by atoms with Crippen molar-refractivity contribution in [2.75, 3.05) is 0 Å². The van der Waals surface area contributed by atoms with Gasteiger partial charge >= 0.3 is 5.97 Å². The smallest absolute Gasteiger partial charge is 0.328 e. The quantitative estimate of drug-likeness (QED) is 0.762. The van der Waals surface area contributed by atoms with Gasteiger partial charge in [-0.15, -0.1) is 0 Å². The maximum atomic E-state index is 10.3. The summed E-state index contributed by atoms with van der Waals surface area (Å²) < 4.78 is 0. The molecule has 0 unspecified atom stereocenters. The molecule has 0 bridgehead atoms. The molecule has 3 heteroatoms. The van der Waals surface area contributed by atoms with Crippen LogP contribution >= 0.6 is 11.6 Å². The van der Waals surface area contributed by atoms with E-state index in [4.69, 9.17) is 16.7 Å². The minimum absolute atomic E-state index is 0.734. The summed E-state index contributed by atoms with van der Waals surface area (Å²) in [6.45, 7) is 3.79. The lowest BCUT2D eigenvalue weighted by Crippen LogP contribution is -1.87. The van der Waals surface area contributed by atoms with Crippen LogP contribution in [0.4, 0.5) is 0 Å². The summed E-state index contributed by atoms with van der Waals surface area (Å²) in [7, 11) is 0. The summed E-state index contributed by atoms with van der Waals surface area (Å²) in [5, 5.41) is 9.19. The number of carboxylic acids is 1. The average molecular weight is 211 g/mol. The van der Waals surface area contributed by atoms with E-state index in [2.05, 4.69) is 0 Å². The first kappa shape index (κ1) is 10.8. The van der Waals surface area contributed by atoms with Gasteiger partial charge in [-0.1, -0.05) is 23.7 Å². The molecule has 1 aromatic carbocycles. The molecule has 0 heterocycles. The molecule has 0 fully saturated rings. The van der Waals surface area contributed by atoms with Crippen LogP contribution in [0.25, 0.3) is 6.08 Å². The summed E-state index contributed by atoms with van der Waals surface area (Å²) in [6, 6.07) is 3.71. The standard InChI is InChI=1S/C11H11ClO2/c1-7-5-9(3-4-10(13)14)6-8(2)11(7)12/h3-6H,1-2H3,(H,13,14). The molecule has 1 aromatic rings. The number of hydrogen-bond acceptors (Lipinski definition) is 1. The number of carboxylic acid groups (broad SMARTS) is 1. The molecule has 74 valence electrons. The fraction of sp³-hybridized carbons (Fsp3) is 0.182. The van der Waals surface area contributed by atoms with Crippen LogP contribution in [0, 0.1) is 13.8 Å². The van der Waals surface area contributed by atoms with Crippen molar-refractivity contribution in [2.45, 2.75) is 13.8 Å². The van der Waals surface area contributed by atoms with E-state index in [0.29, 0.717) is 0 Å². The van der Waals surface area contributed by atoms with Crippen LogP contribution < -0.4 is 0 Å². The van der Waals surface area contributed by atoms with Crippen LogP contribution in [0.3, 0.4) is 0 Å². The van der Waals surface area contributed by atoms with Crippen LogP contribution in [0.15, 0.2) is 18.2 Å². The highest BCUT2D eigenvalue weighted by molar-refractivity contribution is 6.32. The number of hydrogen-bond donors (Lipinski definition) is 1. The van der Waals surface area contributed by atoms with E-state index in [1.807, 2.05) is 26.0 Å². The summed E-state index contributed by atoms with van der Waals surface area (Å²) in [5.41, 5.74) is 2.76. The van der Waals surface area contributed by atoms with Gasteiger partial charge in [-0.05, 0) is 36.6 Å². The number of halogens is 1. The van der Waals surface area contributed by atoms with Crippen molar-refractivity contribution in [3.8, 4) is 0 Å². The fourth-order valence-electron chi connectivity index (χ4n) is 1.24. The van der Waals surface area contributed by atoms with Crippen molar-refractivity contribution in [1.82, 2.24) is 0 Å². The predicted molar refractivity (Wildman–Crippen MR) is 57.6 cm³/mol. The fourth-order valence-corrected chi connectivity index (χ4v) is 1.35. The first-order chi connectivity index (χ1) is 6.50. The van der Waals surface area contributed by atoms with Crippen LogP contribution in [0.2, 0.25) is 5.02 Å². The van der Waals surface area contributed by atoms with Crippen molar-refractivity contribution in [1.29, 1.82) is 0 Å². The molecule has 0 aliphatic rings. The number of aliphatic carboxylic acids is 1. The molecule has 0 spiro atoms. The van der Waals surface area contributed by atoms with E-state index in [9.17, 15) is 4.79 Å². The molecule has 0 aromatic heterocycles. The minimum Gasteiger partial charge on any atom is -0.478 e. The van der Waals surface area contributed by atoms with Gasteiger partial charge in [0, 0.05) is 11.1 Å². The topological polar surface area (TPSA) is 37.3 Å². The molecule has 0 radical (unpaired) electrons. The first-order valence-electron chi connectivity index (χ1n) is 4.18. The molecule has 0 amide bonds. The number of carbonyl (C=O) groups is 1. The van der Waals surface area contributed by atoms with E-state index in [0.717, 1.165) is 27.8 Å². The Kier molecular flexibility index (Phi) is 3.31. The Hall–Kier alpha value is -1.28. The first-order valence-corrected chi connectivity index (χ1v) is 4.56. The second kappa shape index (κ2) is 4.29. The van der Waals surface area contributed by atoms with Crippen LogP contribution in [0.5, 0.6) is 0 Å². The van der Waals surface area contributed by atoms with Gasteiger partial charge in [0.15, 0.2) is 0 Å². The Balaban J connectivity index is 3.07. The molecule has 0 aliphatic heterocycles. The van der Waals surface area contributed by atoms with Gasteiger partial charge in [-0.25, -0.2) is 4.79 Å². The Bertz CT molecular complexity index is 371. The second-order valence-corrected chi connectivity index (χ2v) is 3.52. The third kappa shape index (κ3) is 2.60. The van der Waals surface area contributed by atoms with Crippen molar-refractivity contribution in [2.24, 2.45) is 0 Å². The molecule has 0 aliphatic carbocycles. The Labute approximate surface area is 87.8 Å². The van der Waals surface area contributed by atoms with Crippen LogP contribution in [-0.2, 0) is 4.79 Å². The van der Waals surface area contributed by atoms with E-state index in [1.54, 1.807) is 6.08 Å². The number of benzene rings is 1. The number of aryl methyl sites for hydroxylation is 2. The zero-order valence-electron chi connectivity index (χ0n) is 8.04. The van der Waals surface area contributed by atoms with E-state index >= 15 is 0 Å². The Morgan fingerprint density at radius 2 is 1.86 bits per heavy atom. The van der Waals surface area contributed by atoms with Crippen LogP contribution in [0.1, 0.15) is 16.7 Å². The lowest BCUT2D eigenvalue weighted by Gasteiger charge is -2.03. The molecule has 1 N–H and O–H groups in total. The van der Waals surface area contributed by atoms with Crippen molar-refractivity contribution < 1.29 is 9.90 Å². The summed E-state index contributed by atoms with van der Waals surface area (Å²) in [5.74, 6) is -0.949. The Morgan fingerprint density at radius 1 is 1.36 bits per heavy atom. The SMILES string of the molecule is Cc1cc(C=CC(=O)O)cc(C)c1Cl. The molecule has 0 atom stereocenters. The molecule has 14 heavy (non-hydrogen) atoms. The molecule has 0 saturated carbocycles. The third-order valence-electron chi connectivity index (χ3n) is 1.88. The summed E-state index contributed by atoms with van der Waals surface area (Å²) in [4.78, 5) is 10.3. The van der Waals surface area contributed by atoms with Gasteiger partial charge in [0.05, 0.1) is 0 Å². The zero-order chi connectivity index (χ0) is 10.7. The lowest BCUT2D eigenvalue weighted by atomic mass is 10.1. The van der Waals surface area contributed by atoms with E-state index in [1.165, 1.54) is 0 Å². The predicted octanol–water partition coefficient (Wildman–Crippen LogP) is 3.05. The van der Waals surface area contributed by atoms with E-state index in [-0.39, 0.29) is 0 Å². The lowest BCUT2D eigenvalue weighted by molar-refractivity contribution is -0.131. The van der Waals surface area contributed by atoms with Crippen LogP contribution in [-0.4, -0.2) is 11.1 Å². The monoisotopic (exact) mass is 210 g/mol. The van der Waals surface area contributed by atoms with Gasteiger partial charge in [0.2, 0.25) is 0 Å². The molecule has 0 saturated heterocycles. The molecular formula is C11H11ClO2. The zero-order valence-corrected chi connectivity index (χ0v) is 8.80. The highest BCUT2D eigenvalue weighted by Gasteiger charge is 2.00. The second-order valence-electron chi connectivity index (χ2n) is 3.14. The van der Waals surface area contributed by atoms with Crippen molar-refractivity contribution >= 4 is 23.6 Å². The summed E-state index contributed by atoms with van der Waals surface area (Å²) >= 11 is 5.97. The third-order valence-corrected chi connectivity index (χ3v) is 2.47. The maximum Gasteiger partial charge on any atom is 0.328 e. The van der Waals surface area contributed by atoms with Gasteiger partial charge in [-0.3, -0.25) is 0 Å². The average Bonchev–Trinajstić information content (AvgIpc) is 2.10. The largest absolute Gasteiger partial charge is 0.478 e. The maximum absolute atomic E-state index is 10.3. The Morgan fingerprint density at radius 3 is 2.29 bits per heavy atom. The highest BCUT2D eigenvalue weighted by atomic mass is 35.5. The van der Waals surface area contributed by atoms with Gasteiger partial charge < -0.3 is 5.11 Å². The summed E-state index contributed by atoms with van der Waals surface area (Å²) in [6.07, 6.45) is 2.67.